The average molecular weight is 604 g/mol. The number of H-pyrrole nitrogens is 1. The Labute approximate surface area is 261 Å². The fraction of sp³-hybridized carbons (Fsp3) is 0.286. The van der Waals surface area contributed by atoms with Gasteiger partial charge in [0, 0.05) is 41.2 Å². The number of aromatic nitrogens is 5. The topological polar surface area (TPSA) is 111 Å². The normalized spacial score (nSPS) is 15.5. The van der Waals surface area contributed by atoms with Crippen LogP contribution in [0.3, 0.4) is 0 Å². The van der Waals surface area contributed by atoms with Crippen LogP contribution in [0.4, 0.5) is 0 Å². The zero-order valence-corrected chi connectivity index (χ0v) is 25.7. The van der Waals surface area contributed by atoms with Gasteiger partial charge in [0.05, 0.1) is 37.5 Å². The number of nitrogens with zero attached hydrogens (tertiary/aromatic N) is 4. The third-order valence-corrected chi connectivity index (χ3v) is 8.79. The number of carbonyl (C=O) groups excluding carboxylic acids is 1. The summed E-state index contributed by atoms with van der Waals surface area (Å²) < 4.78 is 15.5. The Morgan fingerprint density at radius 2 is 1.84 bits per heavy atom. The number of aryl methyl sites for hydroxylation is 1. The van der Waals surface area contributed by atoms with Crippen molar-refractivity contribution in [1.82, 2.24) is 34.9 Å². The van der Waals surface area contributed by atoms with E-state index in [2.05, 4.69) is 63.6 Å². The fourth-order valence-corrected chi connectivity index (χ4v) is 6.48. The largest absolute Gasteiger partial charge is 0.497 e. The lowest BCUT2D eigenvalue weighted by Crippen LogP contribution is -2.43. The summed E-state index contributed by atoms with van der Waals surface area (Å²) >= 11 is 0. The molecule has 10 nitrogen and oxygen atoms in total. The number of amides is 1. The highest BCUT2D eigenvalue weighted by Crippen LogP contribution is 2.35. The molecule has 2 atom stereocenters. The molecule has 0 bridgehead atoms. The fourth-order valence-electron chi connectivity index (χ4n) is 6.48. The number of methoxy groups -OCH3 is 2. The minimum Gasteiger partial charge on any atom is -0.497 e. The van der Waals surface area contributed by atoms with Gasteiger partial charge in [0.2, 0.25) is 11.9 Å². The first-order valence-electron chi connectivity index (χ1n) is 15.5. The summed E-state index contributed by atoms with van der Waals surface area (Å²) in [6.07, 6.45) is 7.28. The summed E-state index contributed by atoms with van der Waals surface area (Å²) in [5.41, 5.74) is 5.09. The summed E-state index contributed by atoms with van der Waals surface area (Å²) in [6, 6.07) is 21.5. The third kappa shape index (κ3) is 5.21. The van der Waals surface area contributed by atoms with E-state index >= 15 is 0 Å². The molecule has 1 saturated heterocycles. The van der Waals surface area contributed by atoms with Gasteiger partial charge in [-0.3, -0.25) is 13.9 Å². The van der Waals surface area contributed by atoms with Gasteiger partial charge in [0.15, 0.2) is 5.82 Å². The Morgan fingerprint density at radius 3 is 2.62 bits per heavy atom. The second-order valence-electron chi connectivity index (χ2n) is 11.4. The molecule has 6 aromatic rings. The monoisotopic (exact) mass is 603 g/mol. The molecule has 230 valence electrons. The first-order valence-corrected chi connectivity index (χ1v) is 15.5. The molecular formula is C35H37N7O3. The molecule has 1 aliphatic rings. The first kappa shape index (κ1) is 28.7. The van der Waals surface area contributed by atoms with E-state index in [-0.39, 0.29) is 11.9 Å². The maximum absolute atomic E-state index is 13.7. The summed E-state index contributed by atoms with van der Waals surface area (Å²) in [7, 11) is 3.27. The standard InChI is InChI=1S/C35H37N7O3/c1-4-22-21-41(30-14-8-6-11-26(22)30)35-40-39-33(42(35)31-16-15-24(44-2)19-32(31)45-3)29(38-34(43)28-13-9-17-36-28)18-23-20-37-27-12-7-5-10-25(23)27/h5-8,10-12,14-16,19-21,28-29,36-37H,4,9,13,17-18H2,1-3H3,(H,38,43). The number of benzene rings is 3. The van der Waals surface area contributed by atoms with Gasteiger partial charge < -0.3 is 25.1 Å². The van der Waals surface area contributed by atoms with Crippen molar-refractivity contribution in [1.29, 1.82) is 0 Å². The number of carbonyl (C=O) groups is 1. The second kappa shape index (κ2) is 12.1. The maximum atomic E-state index is 13.7. The molecule has 1 fully saturated rings. The molecule has 0 saturated carbocycles. The lowest BCUT2D eigenvalue weighted by atomic mass is 10.0. The lowest BCUT2D eigenvalue weighted by molar-refractivity contribution is -0.123. The van der Waals surface area contributed by atoms with Crippen LogP contribution in [0.15, 0.2) is 79.1 Å². The van der Waals surface area contributed by atoms with Crippen LogP contribution in [0, 0.1) is 0 Å². The van der Waals surface area contributed by atoms with Crippen molar-refractivity contribution in [3.8, 4) is 23.1 Å². The number of rotatable bonds is 10. The number of hydrogen-bond acceptors (Lipinski definition) is 6. The van der Waals surface area contributed by atoms with Crippen molar-refractivity contribution < 1.29 is 14.3 Å². The molecule has 4 heterocycles. The van der Waals surface area contributed by atoms with Crippen molar-refractivity contribution in [2.24, 2.45) is 0 Å². The van der Waals surface area contributed by atoms with Gasteiger partial charge >= 0.3 is 0 Å². The SMILES string of the molecule is CCc1cn(-c2nnc(C(Cc3c[nH]c4ccccc34)NC(=O)C3CCCN3)n2-c2ccc(OC)cc2OC)c2ccccc12. The quantitative estimate of drug-likeness (QED) is 0.193. The Hall–Kier alpha value is -5.09. The van der Waals surface area contributed by atoms with Crippen LogP contribution in [0.2, 0.25) is 0 Å². The highest BCUT2D eigenvalue weighted by molar-refractivity contribution is 5.86. The Bertz CT molecular complexity index is 1980. The highest BCUT2D eigenvalue weighted by atomic mass is 16.5. The summed E-state index contributed by atoms with van der Waals surface area (Å²) in [4.78, 5) is 17.1. The summed E-state index contributed by atoms with van der Waals surface area (Å²) in [5, 5.41) is 18.6. The Morgan fingerprint density at radius 1 is 1.02 bits per heavy atom. The van der Waals surface area contributed by atoms with E-state index in [1.807, 2.05) is 47.2 Å². The van der Waals surface area contributed by atoms with Gasteiger partial charge in [-0.05, 0) is 61.2 Å². The average Bonchev–Trinajstić information content (AvgIpc) is 3.90. The molecule has 3 aromatic heterocycles. The van der Waals surface area contributed by atoms with Crippen LogP contribution < -0.4 is 20.1 Å². The molecule has 1 amide bonds. The number of aromatic amines is 1. The van der Waals surface area contributed by atoms with Crippen LogP contribution in [0.1, 0.15) is 42.8 Å². The number of para-hydroxylation sites is 2. The minimum atomic E-state index is -0.500. The molecule has 45 heavy (non-hydrogen) atoms. The van der Waals surface area contributed by atoms with Gasteiger partial charge in [-0.1, -0.05) is 43.3 Å². The second-order valence-corrected chi connectivity index (χ2v) is 11.4. The van der Waals surface area contributed by atoms with E-state index < -0.39 is 6.04 Å². The van der Waals surface area contributed by atoms with Crippen molar-refractivity contribution in [3.63, 3.8) is 0 Å². The molecule has 7 rings (SSSR count). The van der Waals surface area contributed by atoms with Crippen LogP contribution in [-0.4, -0.2) is 57.0 Å². The van der Waals surface area contributed by atoms with Gasteiger partial charge in [-0.25, -0.2) is 0 Å². The van der Waals surface area contributed by atoms with Crippen LogP contribution in [-0.2, 0) is 17.6 Å². The van der Waals surface area contributed by atoms with Crippen molar-refractivity contribution in [3.05, 3.63) is 96.1 Å². The molecule has 3 aromatic carbocycles. The van der Waals surface area contributed by atoms with E-state index in [1.165, 1.54) is 5.56 Å². The number of ether oxygens (including phenoxy) is 2. The molecule has 0 spiro atoms. The van der Waals surface area contributed by atoms with Gasteiger partial charge in [-0.15, -0.1) is 10.2 Å². The summed E-state index contributed by atoms with van der Waals surface area (Å²) in [6.45, 7) is 2.98. The van der Waals surface area contributed by atoms with Crippen molar-refractivity contribution in [2.75, 3.05) is 20.8 Å². The molecule has 0 aliphatic carbocycles. The summed E-state index contributed by atoms with van der Waals surface area (Å²) in [5.74, 6) is 2.41. The number of nitrogens with one attached hydrogen (secondary N) is 3. The molecule has 0 radical (unpaired) electrons. The van der Waals surface area contributed by atoms with Crippen LogP contribution >= 0.6 is 0 Å². The minimum absolute atomic E-state index is 0.0465. The lowest BCUT2D eigenvalue weighted by Gasteiger charge is -2.23. The Balaban J connectivity index is 1.44. The van der Waals surface area contributed by atoms with Crippen LogP contribution in [0.25, 0.3) is 33.4 Å². The predicted molar refractivity (Wildman–Crippen MR) is 175 cm³/mol. The number of hydrogen-bond donors (Lipinski definition) is 3. The van der Waals surface area contributed by atoms with Crippen molar-refractivity contribution in [2.45, 2.75) is 44.7 Å². The zero-order valence-electron chi connectivity index (χ0n) is 25.7. The van der Waals surface area contributed by atoms with E-state index in [0.29, 0.717) is 29.7 Å². The number of fused-ring (bicyclic) bond motifs is 2. The smallest absolute Gasteiger partial charge is 0.240 e. The molecule has 1 aliphatic heterocycles. The van der Waals surface area contributed by atoms with Gasteiger partial charge in [0.1, 0.15) is 11.5 Å². The molecule has 2 unspecified atom stereocenters. The van der Waals surface area contributed by atoms with Gasteiger partial charge in [-0.2, -0.15) is 0 Å². The van der Waals surface area contributed by atoms with Crippen LogP contribution in [0.5, 0.6) is 11.5 Å². The Kier molecular flexibility index (Phi) is 7.72. The van der Waals surface area contributed by atoms with Gasteiger partial charge in [0.25, 0.3) is 0 Å². The highest BCUT2D eigenvalue weighted by Gasteiger charge is 2.31. The molecule has 3 N–H and O–H groups in total. The van der Waals surface area contributed by atoms with E-state index in [0.717, 1.165) is 58.9 Å². The zero-order chi connectivity index (χ0) is 30.9. The third-order valence-electron chi connectivity index (χ3n) is 8.79. The van der Waals surface area contributed by atoms with E-state index in [4.69, 9.17) is 19.7 Å². The van der Waals surface area contributed by atoms with E-state index in [1.54, 1.807) is 14.2 Å². The molecular weight excluding hydrogens is 566 g/mol. The first-order chi connectivity index (χ1) is 22.1. The molecule has 10 heteroatoms. The maximum Gasteiger partial charge on any atom is 0.240 e. The van der Waals surface area contributed by atoms with E-state index in [9.17, 15) is 4.79 Å². The predicted octanol–water partition coefficient (Wildman–Crippen LogP) is 5.42. The van der Waals surface area contributed by atoms with Crippen molar-refractivity contribution >= 4 is 27.7 Å².